The Morgan fingerprint density at radius 1 is 1.47 bits per heavy atom. The molecule has 1 aromatic heterocycles. The van der Waals surface area contributed by atoms with Crippen LogP contribution in [0.2, 0.25) is 0 Å². The summed E-state index contributed by atoms with van der Waals surface area (Å²) in [6, 6.07) is 4.13. The van der Waals surface area contributed by atoms with Gasteiger partial charge in [-0.2, -0.15) is 0 Å². The van der Waals surface area contributed by atoms with Crippen molar-refractivity contribution in [3.8, 4) is 0 Å². The summed E-state index contributed by atoms with van der Waals surface area (Å²) in [6.07, 6.45) is 2.75. The lowest BCUT2D eigenvalue weighted by Gasteiger charge is -2.18. The highest BCUT2D eigenvalue weighted by Gasteiger charge is 2.23. The van der Waals surface area contributed by atoms with E-state index in [-0.39, 0.29) is 0 Å². The van der Waals surface area contributed by atoms with E-state index in [9.17, 15) is 0 Å². The van der Waals surface area contributed by atoms with Crippen molar-refractivity contribution >= 4 is 17.4 Å². The lowest BCUT2D eigenvalue weighted by atomic mass is 10.2. The van der Waals surface area contributed by atoms with E-state index in [1.807, 2.05) is 13.0 Å². The van der Waals surface area contributed by atoms with E-state index in [2.05, 4.69) is 23.0 Å². The number of halogens is 1. The maximum absolute atomic E-state index is 5.85. The van der Waals surface area contributed by atoms with Crippen molar-refractivity contribution < 1.29 is 0 Å². The van der Waals surface area contributed by atoms with E-state index >= 15 is 0 Å². The standard InChI is InChI=1S/C12H17ClN2/c1-9-5-11(7-13)6-12(14-9)15(2)8-10-3-4-10/h5-6,10H,3-4,7-8H2,1-2H3. The molecule has 0 saturated heterocycles. The minimum Gasteiger partial charge on any atom is -0.359 e. The van der Waals surface area contributed by atoms with Gasteiger partial charge in [-0.3, -0.25) is 0 Å². The Morgan fingerprint density at radius 2 is 2.20 bits per heavy atom. The Morgan fingerprint density at radius 3 is 2.80 bits per heavy atom. The molecule has 1 aromatic rings. The Labute approximate surface area is 96.3 Å². The molecule has 2 nitrogen and oxygen atoms in total. The number of hydrogen-bond acceptors (Lipinski definition) is 2. The second-order valence-electron chi connectivity index (χ2n) is 4.43. The highest BCUT2D eigenvalue weighted by Crippen LogP contribution is 2.30. The fourth-order valence-electron chi connectivity index (χ4n) is 1.77. The van der Waals surface area contributed by atoms with E-state index in [4.69, 9.17) is 11.6 Å². The molecule has 0 aliphatic heterocycles. The molecule has 0 aromatic carbocycles. The molecule has 1 saturated carbocycles. The van der Waals surface area contributed by atoms with Crippen molar-refractivity contribution in [2.24, 2.45) is 5.92 Å². The Kier molecular flexibility index (Phi) is 3.15. The first-order valence-corrected chi connectivity index (χ1v) is 5.97. The van der Waals surface area contributed by atoms with Gasteiger partial charge in [0.1, 0.15) is 5.82 Å². The minimum atomic E-state index is 0.563. The van der Waals surface area contributed by atoms with E-state index in [0.717, 1.165) is 29.5 Å². The van der Waals surface area contributed by atoms with Crippen LogP contribution in [0.3, 0.4) is 0 Å². The van der Waals surface area contributed by atoms with Crippen molar-refractivity contribution in [2.75, 3.05) is 18.5 Å². The summed E-state index contributed by atoms with van der Waals surface area (Å²) in [5.74, 6) is 2.50. The van der Waals surface area contributed by atoms with Crippen LogP contribution in [-0.2, 0) is 5.88 Å². The number of aromatic nitrogens is 1. The molecule has 0 radical (unpaired) electrons. The van der Waals surface area contributed by atoms with Gasteiger partial charge in [-0.05, 0) is 43.4 Å². The molecule has 82 valence electrons. The average Bonchev–Trinajstić information content (AvgIpc) is 3.00. The molecule has 1 aliphatic carbocycles. The topological polar surface area (TPSA) is 16.1 Å². The zero-order valence-electron chi connectivity index (χ0n) is 9.33. The third kappa shape index (κ3) is 2.85. The van der Waals surface area contributed by atoms with Gasteiger partial charge in [-0.15, -0.1) is 11.6 Å². The summed E-state index contributed by atoms with van der Waals surface area (Å²) in [5.41, 5.74) is 2.20. The normalized spacial score (nSPS) is 15.4. The molecule has 1 heterocycles. The van der Waals surface area contributed by atoms with Crippen LogP contribution in [0.5, 0.6) is 0 Å². The molecule has 15 heavy (non-hydrogen) atoms. The van der Waals surface area contributed by atoms with Crippen molar-refractivity contribution in [3.63, 3.8) is 0 Å². The molecule has 0 atom stereocenters. The van der Waals surface area contributed by atoms with Crippen molar-refractivity contribution in [1.29, 1.82) is 0 Å². The number of pyridine rings is 1. The maximum Gasteiger partial charge on any atom is 0.128 e. The van der Waals surface area contributed by atoms with Gasteiger partial charge >= 0.3 is 0 Å². The molecule has 0 spiro atoms. The number of rotatable bonds is 4. The summed E-state index contributed by atoms with van der Waals surface area (Å²) < 4.78 is 0. The first-order valence-electron chi connectivity index (χ1n) is 5.43. The van der Waals surface area contributed by atoms with Crippen molar-refractivity contribution in [2.45, 2.75) is 25.6 Å². The van der Waals surface area contributed by atoms with E-state index in [0.29, 0.717) is 5.88 Å². The molecule has 1 fully saturated rings. The molecule has 1 aliphatic rings. The molecule has 2 rings (SSSR count). The molecule has 0 N–H and O–H groups in total. The summed E-state index contributed by atoms with van der Waals surface area (Å²) >= 11 is 5.85. The third-order valence-electron chi connectivity index (χ3n) is 2.77. The van der Waals surface area contributed by atoms with Gasteiger partial charge in [0.25, 0.3) is 0 Å². The highest BCUT2D eigenvalue weighted by atomic mass is 35.5. The number of aryl methyl sites for hydroxylation is 1. The molecular formula is C12H17ClN2. The first kappa shape index (κ1) is 10.7. The predicted octanol–water partition coefficient (Wildman–Crippen LogP) is 2.98. The van der Waals surface area contributed by atoms with Crippen LogP contribution >= 0.6 is 11.6 Å². The summed E-state index contributed by atoms with van der Waals surface area (Å²) in [7, 11) is 2.11. The van der Waals surface area contributed by atoms with Crippen molar-refractivity contribution in [1.82, 2.24) is 4.98 Å². The van der Waals surface area contributed by atoms with Gasteiger partial charge in [0.05, 0.1) is 0 Å². The van der Waals surface area contributed by atoms with Gasteiger partial charge in [0.15, 0.2) is 0 Å². The van der Waals surface area contributed by atoms with E-state index in [1.165, 1.54) is 12.8 Å². The smallest absolute Gasteiger partial charge is 0.128 e. The summed E-state index contributed by atoms with van der Waals surface area (Å²) in [4.78, 5) is 6.77. The van der Waals surface area contributed by atoms with E-state index < -0.39 is 0 Å². The lowest BCUT2D eigenvalue weighted by Crippen LogP contribution is -2.21. The number of hydrogen-bond donors (Lipinski definition) is 0. The van der Waals surface area contributed by atoms with Gasteiger partial charge in [-0.1, -0.05) is 0 Å². The predicted molar refractivity (Wildman–Crippen MR) is 64.5 cm³/mol. The fraction of sp³-hybridized carbons (Fsp3) is 0.583. The second kappa shape index (κ2) is 4.40. The largest absolute Gasteiger partial charge is 0.359 e. The van der Waals surface area contributed by atoms with E-state index in [1.54, 1.807) is 0 Å². The molecule has 0 unspecified atom stereocenters. The lowest BCUT2D eigenvalue weighted by molar-refractivity contribution is 0.775. The van der Waals surface area contributed by atoms with Crippen LogP contribution in [0.1, 0.15) is 24.1 Å². The Bertz CT molecular complexity index is 347. The Balaban J connectivity index is 2.13. The number of anilines is 1. The second-order valence-corrected chi connectivity index (χ2v) is 4.70. The zero-order valence-corrected chi connectivity index (χ0v) is 10.1. The van der Waals surface area contributed by atoms with Crippen molar-refractivity contribution in [3.05, 3.63) is 23.4 Å². The fourth-order valence-corrected chi connectivity index (χ4v) is 1.93. The van der Waals surface area contributed by atoms with Crippen LogP contribution in [0, 0.1) is 12.8 Å². The quantitative estimate of drug-likeness (QED) is 0.731. The maximum atomic E-state index is 5.85. The summed E-state index contributed by atoms with van der Waals surface area (Å²) in [5, 5.41) is 0. The number of nitrogens with zero attached hydrogens (tertiary/aromatic N) is 2. The molecule has 0 amide bonds. The van der Waals surface area contributed by atoms with Crippen LogP contribution in [0.4, 0.5) is 5.82 Å². The number of alkyl halides is 1. The van der Waals surface area contributed by atoms with Crippen LogP contribution in [0.15, 0.2) is 12.1 Å². The zero-order chi connectivity index (χ0) is 10.8. The first-order chi connectivity index (χ1) is 7.19. The molecule has 3 heteroatoms. The highest BCUT2D eigenvalue weighted by molar-refractivity contribution is 6.17. The van der Waals surface area contributed by atoms with Gasteiger partial charge in [-0.25, -0.2) is 4.98 Å². The van der Waals surface area contributed by atoms with Gasteiger partial charge in [0, 0.05) is 25.2 Å². The SMILES string of the molecule is Cc1cc(CCl)cc(N(C)CC2CC2)n1. The summed E-state index contributed by atoms with van der Waals surface area (Å²) in [6.45, 7) is 3.14. The monoisotopic (exact) mass is 224 g/mol. The Hall–Kier alpha value is -0.760. The van der Waals surface area contributed by atoms with Crippen LogP contribution < -0.4 is 4.90 Å². The van der Waals surface area contributed by atoms with Crippen LogP contribution in [-0.4, -0.2) is 18.6 Å². The average molecular weight is 225 g/mol. The van der Waals surface area contributed by atoms with Gasteiger partial charge < -0.3 is 4.90 Å². The third-order valence-corrected chi connectivity index (χ3v) is 3.08. The molecule has 0 bridgehead atoms. The van der Waals surface area contributed by atoms with Crippen LogP contribution in [0.25, 0.3) is 0 Å². The minimum absolute atomic E-state index is 0.563. The molecular weight excluding hydrogens is 208 g/mol. The van der Waals surface area contributed by atoms with Gasteiger partial charge in [0.2, 0.25) is 0 Å².